The molecule has 1 heterocycles. The Balaban J connectivity index is 2.97. The topological polar surface area (TPSA) is 16.1 Å². The van der Waals surface area contributed by atoms with Gasteiger partial charge in [0.25, 0.3) is 0 Å². The molecule has 1 aromatic heterocycles. The van der Waals surface area contributed by atoms with Crippen LogP contribution in [0.25, 0.3) is 0 Å². The Labute approximate surface area is 90.9 Å². The van der Waals surface area contributed by atoms with Crippen molar-refractivity contribution in [2.24, 2.45) is 0 Å². The molecule has 0 aliphatic rings. The van der Waals surface area contributed by atoms with Gasteiger partial charge < -0.3 is 4.90 Å². The molecule has 0 saturated heterocycles. The van der Waals surface area contributed by atoms with Gasteiger partial charge in [0.05, 0.1) is 5.88 Å². The van der Waals surface area contributed by atoms with Crippen molar-refractivity contribution < 1.29 is 0 Å². The summed E-state index contributed by atoms with van der Waals surface area (Å²) in [6.45, 7) is 5.22. The standard InChI is InChI=1S/C11H17ClN2/c1-4-5-14(3)11-6-9(2)13-8-10(11)7-12/h6,8H,4-5,7H2,1-3H3. The molecule has 0 aliphatic heterocycles. The van der Waals surface area contributed by atoms with Crippen LogP contribution in [-0.4, -0.2) is 18.6 Å². The number of hydrogen-bond acceptors (Lipinski definition) is 2. The molecule has 0 spiro atoms. The highest BCUT2D eigenvalue weighted by Crippen LogP contribution is 2.21. The van der Waals surface area contributed by atoms with Crippen molar-refractivity contribution >= 4 is 17.3 Å². The summed E-state index contributed by atoms with van der Waals surface area (Å²) in [7, 11) is 2.09. The van der Waals surface area contributed by atoms with Crippen LogP contribution < -0.4 is 4.90 Å². The van der Waals surface area contributed by atoms with Crippen LogP contribution in [0.15, 0.2) is 12.3 Å². The highest BCUT2D eigenvalue weighted by Gasteiger charge is 2.06. The van der Waals surface area contributed by atoms with Gasteiger partial charge in [0.1, 0.15) is 0 Å². The van der Waals surface area contributed by atoms with Crippen LogP contribution in [0.1, 0.15) is 24.6 Å². The zero-order chi connectivity index (χ0) is 10.6. The molecule has 78 valence electrons. The lowest BCUT2D eigenvalue weighted by Gasteiger charge is -2.21. The third-order valence-corrected chi connectivity index (χ3v) is 2.50. The number of alkyl halides is 1. The first-order chi connectivity index (χ1) is 6.69. The van der Waals surface area contributed by atoms with Crippen LogP contribution in [-0.2, 0) is 5.88 Å². The molecule has 0 aromatic carbocycles. The summed E-state index contributed by atoms with van der Waals surface area (Å²) in [6.07, 6.45) is 3.00. The lowest BCUT2D eigenvalue weighted by molar-refractivity contribution is 0.845. The molecule has 0 N–H and O–H groups in total. The summed E-state index contributed by atoms with van der Waals surface area (Å²) in [5, 5.41) is 0. The van der Waals surface area contributed by atoms with Crippen molar-refractivity contribution in [3.8, 4) is 0 Å². The minimum atomic E-state index is 0.524. The largest absolute Gasteiger partial charge is 0.374 e. The van der Waals surface area contributed by atoms with Crippen LogP contribution in [0.3, 0.4) is 0 Å². The maximum atomic E-state index is 5.86. The fraction of sp³-hybridized carbons (Fsp3) is 0.545. The molecular formula is C11H17ClN2. The first-order valence-electron chi connectivity index (χ1n) is 4.91. The number of anilines is 1. The maximum absolute atomic E-state index is 5.86. The number of nitrogens with zero attached hydrogens (tertiary/aromatic N) is 2. The van der Waals surface area contributed by atoms with E-state index in [-0.39, 0.29) is 0 Å². The molecule has 0 aliphatic carbocycles. The van der Waals surface area contributed by atoms with Gasteiger partial charge in [-0.2, -0.15) is 0 Å². The van der Waals surface area contributed by atoms with E-state index in [1.807, 2.05) is 13.1 Å². The summed E-state index contributed by atoms with van der Waals surface area (Å²) in [5.74, 6) is 0.524. The molecule has 0 fully saturated rings. The van der Waals surface area contributed by atoms with Crippen molar-refractivity contribution in [2.75, 3.05) is 18.5 Å². The summed E-state index contributed by atoms with van der Waals surface area (Å²) in [5.41, 5.74) is 3.35. The Morgan fingerprint density at radius 2 is 2.21 bits per heavy atom. The second kappa shape index (κ2) is 5.20. The van der Waals surface area contributed by atoms with E-state index in [2.05, 4.69) is 29.9 Å². The van der Waals surface area contributed by atoms with Crippen molar-refractivity contribution in [2.45, 2.75) is 26.1 Å². The van der Waals surface area contributed by atoms with Crippen LogP contribution in [0, 0.1) is 6.92 Å². The van der Waals surface area contributed by atoms with Gasteiger partial charge in [0, 0.05) is 36.7 Å². The Kier molecular flexibility index (Phi) is 4.21. The minimum absolute atomic E-state index is 0.524. The van der Waals surface area contributed by atoms with Gasteiger partial charge >= 0.3 is 0 Å². The van der Waals surface area contributed by atoms with Crippen molar-refractivity contribution in [1.29, 1.82) is 0 Å². The average molecular weight is 213 g/mol. The highest BCUT2D eigenvalue weighted by molar-refractivity contribution is 6.17. The molecule has 0 radical (unpaired) electrons. The molecule has 2 nitrogen and oxygen atoms in total. The van der Waals surface area contributed by atoms with Gasteiger partial charge in [0.15, 0.2) is 0 Å². The Morgan fingerprint density at radius 3 is 2.79 bits per heavy atom. The quantitative estimate of drug-likeness (QED) is 0.714. The van der Waals surface area contributed by atoms with Crippen molar-refractivity contribution in [1.82, 2.24) is 4.98 Å². The van der Waals surface area contributed by atoms with E-state index in [0.29, 0.717) is 5.88 Å². The normalized spacial score (nSPS) is 10.3. The van der Waals surface area contributed by atoms with Gasteiger partial charge in [-0.3, -0.25) is 4.98 Å². The van der Waals surface area contributed by atoms with E-state index >= 15 is 0 Å². The van der Waals surface area contributed by atoms with E-state index in [4.69, 9.17) is 11.6 Å². The highest BCUT2D eigenvalue weighted by atomic mass is 35.5. The second-order valence-electron chi connectivity index (χ2n) is 3.51. The first-order valence-corrected chi connectivity index (χ1v) is 5.45. The fourth-order valence-corrected chi connectivity index (χ4v) is 1.69. The summed E-state index contributed by atoms with van der Waals surface area (Å²) < 4.78 is 0. The molecule has 1 rings (SSSR count). The van der Waals surface area contributed by atoms with Gasteiger partial charge in [-0.05, 0) is 19.4 Å². The first kappa shape index (κ1) is 11.3. The molecule has 14 heavy (non-hydrogen) atoms. The van der Waals surface area contributed by atoms with E-state index in [1.54, 1.807) is 0 Å². The molecular weight excluding hydrogens is 196 g/mol. The zero-order valence-electron chi connectivity index (χ0n) is 9.05. The van der Waals surface area contributed by atoms with Gasteiger partial charge in [-0.15, -0.1) is 11.6 Å². The smallest absolute Gasteiger partial charge is 0.0509 e. The van der Waals surface area contributed by atoms with Crippen LogP contribution in [0.5, 0.6) is 0 Å². The summed E-state index contributed by atoms with van der Waals surface area (Å²) in [4.78, 5) is 6.47. The lowest BCUT2D eigenvalue weighted by atomic mass is 10.2. The molecule has 0 amide bonds. The zero-order valence-corrected chi connectivity index (χ0v) is 9.80. The van der Waals surface area contributed by atoms with Crippen molar-refractivity contribution in [3.05, 3.63) is 23.5 Å². The van der Waals surface area contributed by atoms with E-state index in [1.165, 1.54) is 5.69 Å². The van der Waals surface area contributed by atoms with Crippen LogP contribution in [0.2, 0.25) is 0 Å². The molecule has 0 saturated carbocycles. The SMILES string of the molecule is CCCN(C)c1cc(C)ncc1CCl. The third-order valence-electron chi connectivity index (χ3n) is 2.21. The van der Waals surface area contributed by atoms with Crippen LogP contribution in [0.4, 0.5) is 5.69 Å². The predicted octanol–water partition coefficient (Wildman–Crippen LogP) is 2.98. The van der Waals surface area contributed by atoms with Gasteiger partial charge in [-0.25, -0.2) is 0 Å². The number of pyridine rings is 1. The molecule has 3 heteroatoms. The summed E-state index contributed by atoms with van der Waals surface area (Å²) in [6, 6.07) is 2.09. The van der Waals surface area contributed by atoms with E-state index < -0.39 is 0 Å². The minimum Gasteiger partial charge on any atom is -0.374 e. The van der Waals surface area contributed by atoms with Gasteiger partial charge in [0.2, 0.25) is 0 Å². The number of aromatic nitrogens is 1. The van der Waals surface area contributed by atoms with Crippen LogP contribution >= 0.6 is 11.6 Å². The third kappa shape index (κ3) is 2.61. The van der Waals surface area contributed by atoms with Gasteiger partial charge in [-0.1, -0.05) is 6.92 Å². The maximum Gasteiger partial charge on any atom is 0.0509 e. The number of halogens is 1. The van der Waals surface area contributed by atoms with Crippen molar-refractivity contribution in [3.63, 3.8) is 0 Å². The fourth-order valence-electron chi connectivity index (χ4n) is 1.49. The molecule has 0 atom stereocenters. The molecule has 0 bridgehead atoms. The Morgan fingerprint density at radius 1 is 1.50 bits per heavy atom. The summed E-state index contributed by atoms with van der Waals surface area (Å²) >= 11 is 5.86. The monoisotopic (exact) mass is 212 g/mol. The number of aryl methyl sites for hydroxylation is 1. The molecule has 1 aromatic rings. The molecule has 0 unspecified atom stereocenters. The predicted molar refractivity (Wildman–Crippen MR) is 62.1 cm³/mol. The average Bonchev–Trinajstić information content (AvgIpc) is 2.18. The number of hydrogen-bond donors (Lipinski definition) is 0. The number of rotatable bonds is 4. The second-order valence-corrected chi connectivity index (χ2v) is 3.78. The van der Waals surface area contributed by atoms with E-state index in [9.17, 15) is 0 Å². The van der Waals surface area contributed by atoms with E-state index in [0.717, 1.165) is 24.2 Å². The lowest BCUT2D eigenvalue weighted by Crippen LogP contribution is -2.19. The Hall–Kier alpha value is -0.760. The Bertz CT molecular complexity index is 299.